The molecule has 0 saturated carbocycles. The summed E-state index contributed by atoms with van der Waals surface area (Å²) in [5.74, 6) is 1.33. The summed E-state index contributed by atoms with van der Waals surface area (Å²) in [6.45, 7) is 10.1. The number of benzene rings is 2. The molecule has 0 saturated heterocycles. The van der Waals surface area contributed by atoms with E-state index in [4.69, 9.17) is 9.47 Å². The zero-order chi connectivity index (χ0) is 19.2. The van der Waals surface area contributed by atoms with Crippen LogP contribution in [0.25, 0.3) is 0 Å². The highest BCUT2D eigenvalue weighted by Crippen LogP contribution is 2.27. The van der Waals surface area contributed by atoms with Crippen molar-refractivity contribution in [1.82, 2.24) is 0 Å². The summed E-state index contributed by atoms with van der Waals surface area (Å²) >= 11 is 0. The van der Waals surface area contributed by atoms with E-state index in [9.17, 15) is 8.42 Å². The van der Waals surface area contributed by atoms with E-state index in [2.05, 4.69) is 6.58 Å². The van der Waals surface area contributed by atoms with Gasteiger partial charge < -0.3 is 9.47 Å². The maximum absolute atomic E-state index is 13.1. The molecular weight excluding hydrogens is 350 g/mol. The second-order valence-electron chi connectivity index (χ2n) is 5.89. The lowest BCUT2D eigenvalue weighted by atomic mass is 10.3. The van der Waals surface area contributed by atoms with E-state index in [1.807, 2.05) is 20.8 Å². The lowest BCUT2D eigenvalue weighted by Gasteiger charge is -2.23. The van der Waals surface area contributed by atoms with E-state index in [0.29, 0.717) is 23.8 Å². The normalized spacial score (nSPS) is 11.2. The van der Waals surface area contributed by atoms with Gasteiger partial charge in [-0.25, -0.2) is 8.42 Å². The Morgan fingerprint density at radius 1 is 1.04 bits per heavy atom. The first kappa shape index (κ1) is 19.8. The van der Waals surface area contributed by atoms with Crippen LogP contribution in [0.1, 0.15) is 20.8 Å². The highest BCUT2D eigenvalue weighted by Gasteiger charge is 2.24. The molecule has 0 heterocycles. The van der Waals surface area contributed by atoms with Crippen molar-refractivity contribution < 1.29 is 17.9 Å². The smallest absolute Gasteiger partial charge is 0.264 e. The molecular formula is C20H25NO4S. The Kier molecular flexibility index (Phi) is 6.69. The summed E-state index contributed by atoms with van der Waals surface area (Å²) in [4.78, 5) is 0.199. The van der Waals surface area contributed by atoms with Gasteiger partial charge in [0.15, 0.2) is 0 Å². The summed E-state index contributed by atoms with van der Waals surface area (Å²) in [5, 5.41) is 0. The molecule has 0 spiro atoms. The molecule has 0 aliphatic rings. The lowest BCUT2D eigenvalue weighted by molar-refractivity contribution is 0.242. The molecule has 0 unspecified atom stereocenters. The summed E-state index contributed by atoms with van der Waals surface area (Å²) in [7, 11) is -3.72. The van der Waals surface area contributed by atoms with Crippen LogP contribution in [-0.2, 0) is 10.0 Å². The van der Waals surface area contributed by atoms with Gasteiger partial charge in [-0.3, -0.25) is 4.31 Å². The topological polar surface area (TPSA) is 55.8 Å². The molecule has 0 aliphatic heterocycles. The Morgan fingerprint density at radius 2 is 1.62 bits per heavy atom. The largest absolute Gasteiger partial charge is 0.494 e. The molecule has 6 heteroatoms. The third-order valence-electron chi connectivity index (χ3n) is 3.51. The van der Waals surface area contributed by atoms with E-state index in [1.165, 1.54) is 4.31 Å². The molecule has 26 heavy (non-hydrogen) atoms. The molecule has 0 atom stereocenters. The van der Waals surface area contributed by atoms with Crippen molar-refractivity contribution in [3.05, 3.63) is 61.2 Å². The maximum Gasteiger partial charge on any atom is 0.264 e. The minimum atomic E-state index is -3.72. The molecule has 0 bridgehead atoms. The van der Waals surface area contributed by atoms with E-state index in [-0.39, 0.29) is 17.5 Å². The zero-order valence-corrected chi connectivity index (χ0v) is 16.2. The van der Waals surface area contributed by atoms with Gasteiger partial charge in [0.1, 0.15) is 11.5 Å². The summed E-state index contributed by atoms with van der Waals surface area (Å²) < 4.78 is 38.4. The number of sulfonamides is 1. The summed E-state index contributed by atoms with van der Waals surface area (Å²) in [6, 6.07) is 13.4. The van der Waals surface area contributed by atoms with Gasteiger partial charge in [0.2, 0.25) is 0 Å². The third kappa shape index (κ3) is 4.79. The molecule has 2 aromatic carbocycles. The molecule has 0 fully saturated rings. The van der Waals surface area contributed by atoms with Crippen molar-refractivity contribution in [3.63, 3.8) is 0 Å². The van der Waals surface area contributed by atoms with Crippen LogP contribution in [0.3, 0.4) is 0 Å². The van der Waals surface area contributed by atoms with Crippen LogP contribution in [-0.4, -0.2) is 27.7 Å². The quantitative estimate of drug-likeness (QED) is 0.615. The molecule has 2 aromatic rings. The van der Waals surface area contributed by atoms with Crippen LogP contribution in [0.5, 0.6) is 11.5 Å². The van der Waals surface area contributed by atoms with E-state index >= 15 is 0 Å². The molecule has 0 aromatic heterocycles. The maximum atomic E-state index is 13.1. The van der Waals surface area contributed by atoms with Crippen molar-refractivity contribution in [2.45, 2.75) is 31.8 Å². The molecule has 0 amide bonds. The minimum absolute atomic E-state index is 0.0534. The average Bonchev–Trinajstić information content (AvgIpc) is 2.61. The Balaban J connectivity index is 2.33. The molecule has 5 nitrogen and oxygen atoms in total. The fraction of sp³-hybridized carbons (Fsp3) is 0.300. The monoisotopic (exact) mass is 375 g/mol. The number of ether oxygens (including phenoxy) is 2. The van der Waals surface area contributed by atoms with Crippen LogP contribution in [0.4, 0.5) is 5.69 Å². The van der Waals surface area contributed by atoms with Crippen LogP contribution < -0.4 is 13.8 Å². The fourth-order valence-electron chi connectivity index (χ4n) is 2.42. The molecule has 140 valence electrons. The van der Waals surface area contributed by atoms with Gasteiger partial charge in [-0.05, 0) is 69.3 Å². The van der Waals surface area contributed by atoms with Gasteiger partial charge in [0.25, 0.3) is 10.0 Å². The van der Waals surface area contributed by atoms with Gasteiger partial charge >= 0.3 is 0 Å². The number of nitrogens with zero attached hydrogens (tertiary/aromatic N) is 1. The first-order valence-corrected chi connectivity index (χ1v) is 9.95. The van der Waals surface area contributed by atoms with E-state index in [1.54, 1.807) is 54.6 Å². The highest BCUT2D eigenvalue weighted by atomic mass is 32.2. The number of hydrogen-bond donors (Lipinski definition) is 0. The number of anilines is 1. The van der Waals surface area contributed by atoms with Gasteiger partial charge in [0, 0.05) is 0 Å². The lowest BCUT2D eigenvalue weighted by Crippen LogP contribution is -2.31. The number of rotatable bonds is 9. The first-order valence-electron chi connectivity index (χ1n) is 8.51. The highest BCUT2D eigenvalue weighted by molar-refractivity contribution is 7.92. The SMILES string of the molecule is C=CCN(c1ccc(OC(C)C)cc1)S(=O)(=O)c1ccc(OCC)cc1. The molecule has 0 N–H and O–H groups in total. The van der Waals surface area contributed by atoms with Crippen molar-refractivity contribution in [1.29, 1.82) is 0 Å². The Morgan fingerprint density at radius 3 is 2.12 bits per heavy atom. The Bertz CT molecular complexity index is 812. The third-order valence-corrected chi connectivity index (χ3v) is 5.32. The Hall–Kier alpha value is -2.47. The van der Waals surface area contributed by atoms with Crippen LogP contribution in [0.15, 0.2) is 66.1 Å². The average molecular weight is 375 g/mol. The second-order valence-corrected chi connectivity index (χ2v) is 7.75. The fourth-order valence-corrected chi connectivity index (χ4v) is 3.86. The van der Waals surface area contributed by atoms with Crippen molar-refractivity contribution in [2.75, 3.05) is 17.5 Å². The van der Waals surface area contributed by atoms with Crippen molar-refractivity contribution in [2.24, 2.45) is 0 Å². The van der Waals surface area contributed by atoms with Crippen LogP contribution >= 0.6 is 0 Å². The van der Waals surface area contributed by atoms with Gasteiger partial charge in [-0.2, -0.15) is 0 Å². The van der Waals surface area contributed by atoms with E-state index in [0.717, 1.165) is 0 Å². The molecule has 2 rings (SSSR count). The second kappa shape index (κ2) is 8.76. The van der Waals surface area contributed by atoms with Crippen molar-refractivity contribution in [3.8, 4) is 11.5 Å². The van der Waals surface area contributed by atoms with Gasteiger partial charge in [-0.1, -0.05) is 6.08 Å². The number of hydrogen-bond acceptors (Lipinski definition) is 4. The molecule has 0 radical (unpaired) electrons. The molecule has 0 aliphatic carbocycles. The first-order chi connectivity index (χ1) is 12.4. The summed E-state index contributed by atoms with van der Waals surface area (Å²) in [5.41, 5.74) is 0.551. The summed E-state index contributed by atoms with van der Waals surface area (Å²) in [6.07, 6.45) is 1.61. The van der Waals surface area contributed by atoms with Crippen LogP contribution in [0.2, 0.25) is 0 Å². The predicted octanol–water partition coefficient (Wildman–Crippen LogP) is 4.25. The van der Waals surface area contributed by atoms with Gasteiger partial charge in [-0.15, -0.1) is 6.58 Å². The standard InChI is InChI=1S/C20H25NO4S/c1-5-15-21(17-7-9-19(10-8-17)25-16(3)4)26(22,23)20-13-11-18(12-14-20)24-6-2/h5,7-14,16H,1,6,15H2,2-4H3. The zero-order valence-electron chi connectivity index (χ0n) is 15.4. The van der Waals surface area contributed by atoms with Crippen LogP contribution in [0, 0.1) is 0 Å². The predicted molar refractivity (Wildman–Crippen MR) is 105 cm³/mol. The van der Waals surface area contributed by atoms with Crippen molar-refractivity contribution >= 4 is 15.7 Å². The Labute approximate surface area is 155 Å². The van der Waals surface area contributed by atoms with E-state index < -0.39 is 10.0 Å². The van der Waals surface area contributed by atoms with Gasteiger partial charge in [0.05, 0.1) is 29.8 Å². The minimum Gasteiger partial charge on any atom is -0.494 e.